The van der Waals surface area contributed by atoms with Gasteiger partial charge < -0.3 is 20.0 Å². The molecule has 0 saturated heterocycles. The molecule has 2 unspecified atom stereocenters. The molecule has 0 aromatic heterocycles. The van der Waals surface area contributed by atoms with Crippen molar-refractivity contribution in [1.29, 1.82) is 0 Å². The molecule has 0 saturated carbocycles. The molecule has 1 amide bonds. The van der Waals surface area contributed by atoms with Gasteiger partial charge in [-0.15, -0.1) is 0 Å². The van der Waals surface area contributed by atoms with Gasteiger partial charge in [-0.05, 0) is 37.0 Å². The minimum absolute atomic E-state index is 0.00792. The van der Waals surface area contributed by atoms with Crippen molar-refractivity contribution in [1.82, 2.24) is 4.90 Å². The van der Waals surface area contributed by atoms with Crippen LogP contribution in [-0.4, -0.2) is 61.4 Å². The number of anilines is 1. The van der Waals surface area contributed by atoms with Gasteiger partial charge in [0.05, 0.1) is 12.2 Å². The van der Waals surface area contributed by atoms with Gasteiger partial charge >= 0.3 is 0 Å². The fourth-order valence-corrected chi connectivity index (χ4v) is 2.48. The SMILES string of the molecule is CN(C)C(=O)CCC(O)C=CC=CC=CC(O)CCc1ccc(N(C)C)cc1. The monoisotopic (exact) mass is 386 g/mol. The molecule has 0 aliphatic carbocycles. The Bertz CT molecular complexity index is 661. The highest BCUT2D eigenvalue weighted by molar-refractivity contribution is 5.75. The van der Waals surface area contributed by atoms with E-state index in [1.165, 1.54) is 10.5 Å². The van der Waals surface area contributed by atoms with Crippen LogP contribution in [0.3, 0.4) is 0 Å². The third kappa shape index (κ3) is 10.1. The van der Waals surface area contributed by atoms with Crippen molar-refractivity contribution in [3.63, 3.8) is 0 Å². The summed E-state index contributed by atoms with van der Waals surface area (Å²) in [6, 6.07) is 8.34. The quantitative estimate of drug-likeness (QED) is 0.574. The van der Waals surface area contributed by atoms with Gasteiger partial charge in [-0.2, -0.15) is 0 Å². The number of carbonyl (C=O) groups is 1. The topological polar surface area (TPSA) is 64.0 Å². The highest BCUT2D eigenvalue weighted by Gasteiger charge is 2.06. The van der Waals surface area contributed by atoms with Gasteiger partial charge in [0.25, 0.3) is 0 Å². The van der Waals surface area contributed by atoms with E-state index in [0.717, 1.165) is 12.1 Å². The number of nitrogens with zero attached hydrogens (tertiary/aromatic N) is 2. The first-order valence-corrected chi connectivity index (χ1v) is 9.63. The Balaban J connectivity index is 2.28. The normalized spacial score (nSPS) is 14.1. The Morgan fingerprint density at radius 3 is 1.93 bits per heavy atom. The van der Waals surface area contributed by atoms with Crippen LogP contribution in [0.2, 0.25) is 0 Å². The third-order valence-corrected chi connectivity index (χ3v) is 4.33. The number of rotatable bonds is 11. The summed E-state index contributed by atoms with van der Waals surface area (Å²) in [5.74, 6) is 0.00792. The van der Waals surface area contributed by atoms with Crippen LogP contribution in [0.15, 0.2) is 60.7 Å². The van der Waals surface area contributed by atoms with Gasteiger partial charge in [0.15, 0.2) is 0 Å². The van der Waals surface area contributed by atoms with Gasteiger partial charge in [0.2, 0.25) is 5.91 Å². The number of hydrogen-bond acceptors (Lipinski definition) is 4. The Kier molecular flexibility index (Phi) is 10.9. The lowest BCUT2D eigenvalue weighted by Crippen LogP contribution is -2.22. The van der Waals surface area contributed by atoms with Crippen molar-refractivity contribution >= 4 is 11.6 Å². The van der Waals surface area contributed by atoms with E-state index in [9.17, 15) is 15.0 Å². The van der Waals surface area contributed by atoms with E-state index < -0.39 is 12.2 Å². The van der Waals surface area contributed by atoms with E-state index in [1.807, 2.05) is 20.2 Å². The molecule has 0 heterocycles. The van der Waals surface area contributed by atoms with E-state index in [4.69, 9.17) is 0 Å². The predicted molar refractivity (Wildman–Crippen MR) is 116 cm³/mol. The Morgan fingerprint density at radius 1 is 0.893 bits per heavy atom. The number of allylic oxidation sites excluding steroid dienone is 4. The number of carbonyl (C=O) groups excluding carboxylic acids is 1. The van der Waals surface area contributed by atoms with Crippen molar-refractivity contribution < 1.29 is 15.0 Å². The lowest BCUT2D eigenvalue weighted by atomic mass is 10.1. The highest BCUT2D eigenvalue weighted by Crippen LogP contribution is 2.14. The van der Waals surface area contributed by atoms with Crippen LogP contribution in [0.5, 0.6) is 0 Å². The van der Waals surface area contributed by atoms with E-state index in [0.29, 0.717) is 19.3 Å². The van der Waals surface area contributed by atoms with Crippen LogP contribution in [0.4, 0.5) is 5.69 Å². The van der Waals surface area contributed by atoms with Crippen LogP contribution >= 0.6 is 0 Å². The summed E-state index contributed by atoms with van der Waals surface area (Å²) in [5, 5.41) is 19.8. The van der Waals surface area contributed by atoms with Crippen LogP contribution in [0.1, 0.15) is 24.8 Å². The molecule has 5 heteroatoms. The Hall–Kier alpha value is -2.37. The Labute approximate surface area is 169 Å². The molecular formula is C23H34N2O3. The molecule has 0 radical (unpaired) electrons. The summed E-state index contributed by atoms with van der Waals surface area (Å²) in [6.45, 7) is 0. The van der Waals surface area contributed by atoms with E-state index in [2.05, 4.69) is 29.2 Å². The summed E-state index contributed by atoms with van der Waals surface area (Å²) in [7, 11) is 7.43. The van der Waals surface area contributed by atoms with Crippen molar-refractivity contribution in [2.75, 3.05) is 33.1 Å². The molecule has 2 N–H and O–H groups in total. The van der Waals surface area contributed by atoms with Crippen LogP contribution in [-0.2, 0) is 11.2 Å². The minimum atomic E-state index is -0.637. The van der Waals surface area contributed by atoms with Crippen molar-refractivity contribution in [3.05, 3.63) is 66.3 Å². The lowest BCUT2D eigenvalue weighted by molar-refractivity contribution is -0.129. The first-order valence-electron chi connectivity index (χ1n) is 9.63. The first-order chi connectivity index (χ1) is 13.3. The summed E-state index contributed by atoms with van der Waals surface area (Å²) in [6.07, 6.45) is 11.6. The third-order valence-electron chi connectivity index (χ3n) is 4.33. The number of aryl methyl sites for hydroxylation is 1. The van der Waals surface area contributed by atoms with E-state index in [1.54, 1.807) is 44.5 Å². The maximum atomic E-state index is 11.5. The fraction of sp³-hybridized carbons (Fsp3) is 0.435. The van der Waals surface area contributed by atoms with Gasteiger partial charge in [0.1, 0.15) is 0 Å². The minimum Gasteiger partial charge on any atom is -0.389 e. The van der Waals surface area contributed by atoms with Gasteiger partial charge in [0, 0.05) is 40.3 Å². The zero-order chi connectivity index (χ0) is 20.9. The Morgan fingerprint density at radius 2 is 1.43 bits per heavy atom. The summed E-state index contributed by atoms with van der Waals surface area (Å²) in [4.78, 5) is 15.0. The molecule has 154 valence electrons. The average Bonchev–Trinajstić information content (AvgIpc) is 2.67. The predicted octanol–water partition coefficient (Wildman–Crippen LogP) is 2.94. The van der Waals surface area contributed by atoms with E-state index in [-0.39, 0.29) is 5.91 Å². The highest BCUT2D eigenvalue weighted by atomic mass is 16.3. The summed E-state index contributed by atoms with van der Waals surface area (Å²) < 4.78 is 0. The van der Waals surface area contributed by atoms with Crippen molar-refractivity contribution in [2.45, 2.75) is 37.9 Å². The molecule has 0 bridgehead atoms. The maximum Gasteiger partial charge on any atom is 0.222 e. The summed E-state index contributed by atoms with van der Waals surface area (Å²) in [5.41, 5.74) is 2.37. The van der Waals surface area contributed by atoms with E-state index >= 15 is 0 Å². The molecular weight excluding hydrogens is 352 g/mol. The largest absolute Gasteiger partial charge is 0.389 e. The molecule has 5 nitrogen and oxygen atoms in total. The second-order valence-corrected chi connectivity index (χ2v) is 7.22. The molecule has 0 fully saturated rings. The van der Waals surface area contributed by atoms with Crippen molar-refractivity contribution in [3.8, 4) is 0 Å². The molecule has 28 heavy (non-hydrogen) atoms. The van der Waals surface area contributed by atoms with Crippen LogP contribution in [0.25, 0.3) is 0 Å². The average molecular weight is 387 g/mol. The molecule has 1 rings (SSSR count). The fourth-order valence-electron chi connectivity index (χ4n) is 2.48. The molecule has 0 aliphatic rings. The molecule has 0 spiro atoms. The van der Waals surface area contributed by atoms with Gasteiger partial charge in [-0.1, -0.05) is 48.6 Å². The number of aliphatic hydroxyl groups is 2. The second kappa shape index (κ2) is 12.9. The number of hydrogen-bond donors (Lipinski definition) is 2. The van der Waals surface area contributed by atoms with Gasteiger partial charge in [-0.3, -0.25) is 4.79 Å². The van der Waals surface area contributed by atoms with Crippen LogP contribution < -0.4 is 4.90 Å². The first kappa shape index (κ1) is 23.7. The molecule has 0 aliphatic heterocycles. The smallest absolute Gasteiger partial charge is 0.222 e. The molecule has 2 atom stereocenters. The summed E-state index contributed by atoms with van der Waals surface area (Å²) >= 11 is 0. The van der Waals surface area contributed by atoms with Gasteiger partial charge in [-0.25, -0.2) is 0 Å². The standard InChI is InChI=1S/C23H34N2O3/c1-24(2)20-14-11-19(12-15-20)13-16-21(26)9-7-5-6-8-10-22(27)17-18-23(28)25(3)4/h5-12,14-15,21-22,26-27H,13,16-18H2,1-4H3. The number of benzene rings is 1. The lowest BCUT2D eigenvalue weighted by Gasteiger charge is -2.13. The zero-order valence-corrected chi connectivity index (χ0v) is 17.5. The molecule has 1 aromatic carbocycles. The second-order valence-electron chi connectivity index (χ2n) is 7.22. The number of aliphatic hydroxyl groups excluding tert-OH is 2. The maximum absolute atomic E-state index is 11.5. The molecule has 1 aromatic rings. The zero-order valence-electron chi connectivity index (χ0n) is 17.5. The number of amides is 1. The van der Waals surface area contributed by atoms with Crippen LogP contribution in [0, 0.1) is 0 Å². The van der Waals surface area contributed by atoms with Crippen molar-refractivity contribution in [2.24, 2.45) is 0 Å².